The molecule has 19 heavy (non-hydrogen) atoms. The molecule has 0 saturated carbocycles. The van der Waals surface area contributed by atoms with Crippen LogP contribution >= 0.6 is 0 Å². The van der Waals surface area contributed by atoms with Crippen LogP contribution in [-0.2, 0) is 0 Å². The first-order chi connectivity index (χ1) is 9.06. The van der Waals surface area contributed by atoms with Crippen LogP contribution < -0.4 is 17.0 Å². The molecule has 0 bridgehead atoms. The summed E-state index contributed by atoms with van der Waals surface area (Å²) in [4.78, 5) is 4.27. The molecule has 0 atom stereocenters. The SMILES string of the molecule is CN(C)c1ccc([Te+]c2ccc(N(C)C)cc2)cc1. The van der Waals surface area contributed by atoms with Crippen LogP contribution in [0, 0.1) is 0 Å². The van der Waals surface area contributed by atoms with Crippen LogP contribution in [-0.4, -0.2) is 49.1 Å². The van der Waals surface area contributed by atoms with Gasteiger partial charge in [-0.2, -0.15) is 0 Å². The molecule has 1 radical (unpaired) electrons. The van der Waals surface area contributed by atoms with Crippen LogP contribution in [0.1, 0.15) is 0 Å². The Kier molecular flexibility index (Phi) is 4.74. The van der Waals surface area contributed by atoms with Crippen LogP contribution in [0.5, 0.6) is 0 Å². The summed E-state index contributed by atoms with van der Waals surface area (Å²) in [5.74, 6) is 0. The molecule has 2 aromatic rings. The monoisotopic (exact) mass is 370 g/mol. The standard InChI is InChI=1S/C16H20N2Te/c1-17(2)13-5-9-15(10-6-13)19-16-11-7-14(8-12-16)18(3)4/h5-12H,1-4H3/q+1. The molecule has 2 rings (SSSR count). The number of hydrogen-bond acceptors (Lipinski definition) is 2. The maximum absolute atomic E-state index is 2.26. The van der Waals surface area contributed by atoms with Crippen molar-refractivity contribution in [1.82, 2.24) is 0 Å². The van der Waals surface area contributed by atoms with Gasteiger partial charge < -0.3 is 0 Å². The van der Waals surface area contributed by atoms with Crippen LogP contribution in [0.15, 0.2) is 48.5 Å². The van der Waals surface area contributed by atoms with Crippen LogP contribution in [0.3, 0.4) is 0 Å². The maximum atomic E-state index is 2.26. The van der Waals surface area contributed by atoms with Gasteiger partial charge in [-0.05, 0) is 0 Å². The summed E-state index contributed by atoms with van der Waals surface area (Å²) in [6.45, 7) is 0. The van der Waals surface area contributed by atoms with Gasteiger partial charge >= 0.3 is 126 Å². The normalized spacial score (nSPS) is 10.3. The Morgan fingerprint density at radius 1 is 0.579 bits per heavy atom. The van der Waals surface area contributed by atoms with Crippen molar-refractivity contribution in [3.05, 3.63) is 48.5 Å². The Labute approximate surface area is 126 Å². The van der Waals surface area contributed by atoms with E-state index in [0.29, 0.717) is 0 Å². The third-order valence-electron chi connectivity index (χ3n) is 2.94. The van der Waals surface area contributed by atoms with Crippen molar-refractivity contribution in [1.29, 1.82) is 0 Å². The van der Waals surface area contributed by atoms with Gasteiger partial charge in [0.25, 0.3) is 0 Å². The zero-order chi connectivity index (χ0) is 13.8. The second-order valence-electron chi connectivity index (χ2n) is 4.88. The van der Waals surface area contributed by atoms with Crippen molar-refractivity contribution in [2.75, 3.05) is 38.0 Å². The molecule has 0 saturated heterocycles. The van der Waals surface area contributed by atoms with E-state index in [0.717, 1.165) is 0 Å². The molecule has 0 heterocycles. The van der Waals surface area contributed by atoms with Crippen LogP contribution in [0.25, 0.3) is 0 Å². The summed E-state index contributed by atoms with van der Waals surface area (Å²) in [7, 11) is 8.30. The molecule has 0 aliphatic carbocycles. The molecule has 99 valence electrons. The number of anilines is 2. The molecule has 0 unspecified atom stereocenters. The van der Waals surface area contributed by atoms with E-state index in [9.17, 15) is 0 Å². The molecular weight excluding hydrogens is 348 g/mol. The van der Waals surface area contributed by atoms with E-state index in [1.807, 2.05) is 0 Å². The first-order valence-electron chi connectivity index (χ1n) is 6.29. The topological polar surface area (TPSA) is 6.48 Å². The quantitative estimate of drug-likeness (QED) is 0.755. The van der Waals surface area contributed by atoms with Crippen molar-refractivity contribution < 1.29 is 0 Å². The fourth-order valence-corrected chi connectivity index (χ4v) is 4.09. The molecule has 2 nitrogen and oxygen atoms in total. The zero-order valence-corrected chi connectivity index (χ0v) is 14.3. The molecule has 0 fully saturated rings. The van der Waals surface area contributed by atoms with Crippen molar-refractivity contribution in [2.24, 2.45) is 0 Å². The van der Waals surface area contributed by atoms with E-state index in [4.69, 9.17) is 0 Å². The summed E-state index contributed by atoms with van der Waals surface area (Å²) in [5, 5.41) is 0. The first-order valence-corrected chi connectivity index (χ1v) is 8.62. The van der Waals surface area contributed by atoms with Gasteiger partial charge in [0, 0.05) is 0 Å². The van der Waals surface area contributed by atoms with E-state index in [1.165, 1.54) is 18.6 Å². The van der Waals surface area contributed by atoms with E-state index in [2.05, 4.69) is 86.5 Å². The van der Waals surface area contributed by atoms with Gasteiger partial charge in [-0.15, -0.1) is 0 Å². The summed E-state index contributed by atoms with van der Waals surface area (Å²) in [6, 6.07) is 17.9. The Hall–Kier alpha value is -1.17. The minimum atomic E-state index is -0.267. The van der Waals surface area contributed by atoms with Crippen molar-refractivity contribution >= 4 is 39.5 Å². The van der Waals surface area contributed by atoms with E-state index < -0.39 is 0 Å². The molecule has 0 amide bonds. The van der Waals surface area contributed by atoms with E-state index >= 15 is 0 Å². The summed E-state index contributed by atoms with van der Waals surface area (Å²) in [5.41, 5.74) is 2.53. The van der Waals surface area contributed by atoms with Gasteiger partial charge in [-0.1, -0.05) is 0 Å². The molecular formula is C16H20N2Te+. The Balaban J connectivity index is 2.08. The Morgan fingerprint density at radius 3 is 1.16 bits per heavy atom. The zero-order valence-electron chi connectivity index (χ0n) is 11.9. The fourth-order valence-electron chi connectivity index (χ4n) is 1.76. The molecule has 0 spiro atoms. The van der Waals surface area contributed by atoms with E-state index in [1.54, 1.807) is 0 Å². The molecule has 3 heteroatoms. The summed E-state index contributed by atoms with van der Waals surface area (Å²) in [6.07, 6.45) is 0. The fraction of sp³-hybridized carbons (Fsp3) is 0.250. The summed E-state index contributed by atoms with van der Waals surface area (Å²) < 4.78 is 2.96. The minimum absolute atomic E-state index is 0.267. The Bertz CT molecular complexity index is 466. The van der Waals surface area contributed by atoms with Crippen molar-refractivity contribution in [3.63, 3.8) is 0 Å². The van der Waals surface area contributed by atoms with Crippen LogP contribution in [0.4, 0.5) is 11.4 Å². The van der Waals surface area contributed by atoms with Crippen molar-refractivity contribution in [2.45, 2.75) is 0 Å². The average molecular weight is 368 g/mol. The van der Waals surface area contributed by atoms with Gasteiger partial charge in [-0.3, -0.25) is 0 Å². The molecule has 0 aromatic heterocycles. The number of benzene rings is 2. The summed E-state index contributed by atoms with van der Waals surface area (Å²) >= 11 is -0.267. The Morgan fingerprint density at radius 2 is 0.895 bits per heavy atom. The molecule has 2 aromatic carbocycles. The van der Waals surface area contributed by atoms with Gasteiger partial charge in [0.1, 0.15) is 0 Å². The molecule has 0 aliphatic rings. The second-order valence-corrected chi connectivity index (χ2v) is 8.15. The predicted octanol–water partition coefficient (Wildman–Crippen LogP) is 1.47. The van der Waals surface area contributed by atoms with Gasteiger partial charge in [0.05, 0.1) is 0 Å². The average Bonchev–Trinajstić information content (AvgIpc) is 2.40. The van der Waals surface area contributed by atoms with Crippen LogP contribution in [0.2, 0.25) is 0 Å². The second kappa shape index (κ2) is 6.32. The van der Waals surface area contributed by atoms with E-state index in [-0.39, 0.29) is 20.9 Å². The van der Waals surface area contributed by atoms with Gasteiger partial charge in [-0.25, -0.2) is 0 Å². The third kappa shape index (κ3) is 3.89. The first kappa shape index (κ1) is 14.2. The number of hydrogen-bond donors (Lipinski definition) is 0. The third-order valence-corrected chi connectivity index (χ3v) is 5.84. The number of rotatable bonds is 4. The van der Waals surface area contributed by atoms with Crippen molar-refractivity contribution in [3.8, 4) is 0 Å². The van der Waals surface area contributed by atoms with Gasteiger partial charge in [0.2, 0.25) is 0 Å². The number of nitrogens with zero attached hydrogens (tertiary/aromatic N) is 2. The molecule has 0 N–H and O–H groups in total. The molecule has 0 aliphatic heterocycles. The van der Waals surface area contributed by atoms with Gasteiger partial charge in [0.15, 0.2) is 0 Å². The predicted molar refractivity (Wildman–Crippen MR) is 86.6 cm³/mol.